The van der Waals surface area contributed by atoms with Gasteiger partial charge in [-0.2, -0.15) is 0 Å². The first-order valence-corrected chi connectivity index (χ1v) is 6.16. The zero-order chi connectivity index (χ0) is 11.5. The van der Waals surface area contributed by atoms with Gasteiger partial charge < -0.3 is 4.90 Å². The Hall–Kier alpha value is -0.860. The summed E-state index contributed by atoms with van der Waals surface area (Å²) < 4.78 is 0. The molecule has 1 saturated heterocycles. The predicted octanol–water partition coefficient (Wildman–Crippen LogP) is 2.30. The second kappa shape index (κ2) is 4.98. The fourth-order valence-electron chi connectivity index (χ4n) is 2.27. The minimum Gasteiger partial charge on any atom is -0.304 e. The number of piperazine rings is 1. The van der Waals surface area contributed by atoms with E-state index in [1.54, 1.807) is 0 Å². The van der Waals surface area contributed by atoms with Gasteiger partial charge in [-0.3, -0.25) is 4.90 Å². The highest BCUT2D eigenvalue weighted by atomic mass is 15.3. The third-order valence-corrected chi connectivity index (χ3v) is 3.65. The second-order valence-electron chi connectivity index (χ2n) is 4.93. The first-order valence-electron chi connectivity index (χ1n) is 6.16. The van der Waals surface area contributed by atoms with Crippen molar-refractivity contribution in [3.8, 4) is 0 Å². The smallest absolute Gasteiger partial charge is 0.0320 e. The lowest BCUT2D eigenvalue weighted by Crippen LogP contribution is -2.45. The molecule has 2 nitrogen and oxygen atoms in total. The highest BCUT2D eigenvalue weighted by Crippen LogP contribution is 2.21. The fourth-order valence-corrected chi connectivity index (χ4v) is 2.27. The minimum atomic E-state index is 0.550. The van der Waals surface area contributed by atoms with Crippen LogP contribution in [-0.4, -0.2) is 43.0 Å². The Morgan fingerprint density at radius 2 is 1.56 bits per heavy atom. The van der Waals surface area contributed by atoms with E-state index in [1.165, 1.54) is 37.3 Å². The molecule has 1 atom stereocenters. The molecule has 0 spiro atoms. The van der Waals surface area contributed by atoms with Crippen LogP contribution >= 0.6 is 0 Å². The number of nitrogens with zero attached hydrogens (tertiary/aromatic N) is 2. The molecule has 1 fully saturated rings. The zero-order valence-corrected chi connectivity index (χ0v) is 10.6. The third-order valence-electron chi connectivity index (χ3n) is 3.65. The molecule has 1 aliphatic heterocycles. The third kappa shape index (κ3) is 2.63. The Morgan fingerprint density at radius 3 is 2.12 bits per heavy atom. The number of rotatable bonds is 2. The van der Waals surface area contributed by atoms with Crippen molar-refractivity contribution in [2.45, 2.75) is 19.9 Å². The average Bonchev–Trinajstić information content (AvgIpc) is 2.30. The van der Waals surface area contributed by atoms with Crippen LogP contribution in [0.3, 0.4) is 0 Å². The normalized spacial score (nSPS) is 20.9. The van der Waals surface area contributed by atoms with Gasteiger partial charge in [-0.1, -0.05) is 29.8 Å². The van der Waals surface area contributed by atoms with Gasteiger partial charge >= 0.3 is 0 Å². The molecule has 0 aliphatic carbocycles. The van der Waals surface area contributed by atoms with Gasteiger partial charge in [-0.25, -0.2) is 0 Å². The van der Waals surface area contributed by atoms with Crippen molar-refractivity contribution in [1.29, 1.82) is 0 Å². The molecular formula is C14H22N2. The minimum absolute atomic E-state index is 0.550. The number of hydrogen-bond acceptors (Lipinski definition) is 2. The van der Waals surface area contributed by atoms with Crippen molar-refractivity contribution in [2.24, 2.45) is 0 Å². The molecule has 0 saturated carbocycles. The Kier molecular flexibility index (Phi) is 3.62. The van der Waals surface area contributed by atoms with E-state index in [4.69, 9.17) is 0 Å². The van der Waals surface area contributed by atoms with Gasteiger partial charge in [0.15, 0.2) is 0 Å². The van der Waals surface area contributed by atoms with E-state index in [1.807, 2.05) is 0 Å². The summed E-state index contributed by atoms with van der Waals surface area (Å²) in [6, 6.07) is 9.50. The summed E-state index contributed by atoms with van der Waals surface area (Å²) in [5.74, 6) is 0. The number of benzene rings is 1. The van der Waals surface area contributed by atoms with E-state index >= 15 is 0 Å². The van der Waals surface area contributed by atoms with Gasteiger partial charge in [-0.05, 0) is 26.5 Å². The molecule has 1 unspecified atom stereocenters. The summed E-state index contributed by atoms with van der Waals surface area (Å²) in [4.78, 5) is 4.98. The molecule has 2 rings (SSSR count). The molecule has 1 aromatic carbocycles. The monoisotopic (exact) mass is 218 g/mol. The van der Waals surface area contributed by atoms with Gasteiger partial charge in [0.25, 0.3) is 0 Å². The molecular weight excluding hydrogens is 196 g/mol. The molecule has 0 bridgehead atoms. The van der Waals surface area contributed by atoms with Crippen LogP contribution in [0, 0.1) is 6.92 Å². The van der Waals surface area contributed by atoms with E-state index < -0.39 is 0 Å². The van der Waals surface area contributed by atoms with Gasteiger partial charge in [0.2, 0.25) is 0 Å². The summed E-state index contributed by atoms with van der Waals surface area (Å²) in [6.07, 6.45) is 0. The van der Waals surface area contributed by atoms with E-state index in [-0.39, 0.29) is 0 Å². The van der Waals surface area contributed by atoms with Crippen molar-refractivity contribution in [3.63, 3.8) is 0 Å². The van der Waals surface area contributed by atoms with Crippen molar-refractivity contribution in [2.75, 3.05) is 33.2 Å². The Labute approximate surface area is 98.9 Å². The molecule has 1 aliphatic rings. The molecule has 0 N–H and O–H groups in total. The van der Waals surface area contributed by atoms with Crippen LogP contribution in [0.5, 0.6) is 0 Å². The molecule has 1 heterocycles. The van der Waals surface area contributed by atoms with Crippen LogP contribution < -0.4 is 0 Å². The van der Waals surface area contributed by atoms with Gasteiger partial charge in [-0.15, -0.1) is 0 Å². The van der Waals surface area contributed by atoms with Crippen LogP contribution in [0.15, 0.2) is 24.3 Å². The van der Waals surface area contributed by atoms with Crippen molar-refractivity contribution in [1.82, 2.24) is 9.80 Å². The van der Waals surface area contributed by atoms with Gasteiger partial charge in [0.05, 0.1) is 0 Å². The Balaban J connectivity index is 2.01. The summed E-state index contributed by atoms with van der Waals surface area (Å²) >= 11 is 0. The SMILES string of the molecule is Cc1ccc(C(C)N2CCN(C)CC2)cc1. The van der Waals surface area contributed by atoms with E-state index in [9.17, 15) is 0 Å². The fraction of sp³-hybridized carbons (Fsp3) is 0.571. The van der Waals surface area contributed by atoms with Crippen LogP contribution in [0.25, 0.3) is 0 Å². The number of aryl methyl sites for hydroxylation is 1. The van der Waals surface area contributed by atoms with Gasteiger partial charge in [0, 0.05) is 32.2 Å². The maximum Gasteiger partial charge on any atom is 0.0320 e. The largest absolute Gasteiger partial charge is 0.304 e. The lowest BCUT2D eigenvalue weighted by atomic mass is 10.0. The van der Waals surface area contributed by atoms with E-state index in [2.05, 4.69) is 55.0 Å². The van der Waals surface area contributed by atoms with Crippen molar-refractivity contribution in [3.05, 3.63) is 35.4 Å². The van der Waals surface area contributed by atoms with Crippen molar-refractivity contribution < 1.29 is 0 Å². The molecule has 2 heteroatoms. The summed E-state index contributed by atoms with van der Waals surface area (Å²) in [6.45, 7) is 9.21. The molecule has 16 heavy (non-hydrogen) atoms. The van der Waals surface area contributed by atoms with E-state index in [0.29, 0.717) is 6.04 Å². The Morgan fingerprint density at radius 1 is 1.00 bits per heavy atom. The highest BCUT2D eigenvalue weighted by Gasteiger charge is 2.19. The van der Waals surface area contributed by atoms with Crippen LogP contribution in [-0.2, 0) is 0 Å². The van der Waals surface area contributed by atoms with Crippen LogP contribution in [0.2, 0.25) is 0 Å². The van der Waals surface area contributed by atoms with Crippen LogP contribution in [0.1, 0.15) is 24.1 Å². The zero-order valence-electron chi connectivity index (χ0n) is 10.6. The Bertz CT molecular complexity index is 323. The molecule has 1 aromatic rings. The second-order valence-corrected chi connectivity index (χ2v) is 4.93. The number of hydrogen-bond donors (Lipinski definition) is 0. The molecule has 0 aromatic heterocycles. The standard InChI is InChI=1S/C14H22N2/c1-12-4-6-14(7-5-12)13(2)16-10-8-15(3)9-11-16/h4-7,13H,8-11H2,1-3H3. The lowest BCUT2D eigenvalue weighted by molar-refractivity contribution is 0.119. The maximum absolute atomic E-state index is 2.57. The summed E-state index contributed by atoms with van der Waals surface area (Å²) in [5.41, 5.74) is 2.78. The molecule has 0 amide bonds. The van der Waals surface area contributed by atoms with Crippen molar-refractivity contribution >= 4 is 0 Å². The molecule has 0 radical (unpaired) electrons. The van der Waals surface area contributed by atoms with E-state index in [0.717, 1.165) is 0 Å². The topological polar surface area (TPSA) is 6.48 Å². The quantitative estimate of drug-likeness (QED) is 0.751. The van der Waals surface area contributed by atoms with Crippen LogP contribution in [0.4, 0.5) is 0 Å². The number of likely N-dealkylation sites (N-methyl/N-ethyl adjacent to an activating group) is 1. The average molecular weight is 218 g/mol. The highest BCUT2D eigenvalue weighted by molar-refractivity contribution is 5.23. The summed E-state index contributed by atoms with van der Waals surface area (Å²) in [7, 11) is 2.20. The summed E-state index contributed by atoms with van der Waals surface area (Å²) in [5, 5.41) is 0. The first kappa shape index (κ1) is 11.6. The van der Waals surface area contributed by atoms with Gasteiger partial charge in [0.1, 0.15) is 0 Å². The molecule has 88 valence electrons. The predicted molar refractivity (Wildman–Crippen MR) is 68.7 cm³/mol. The first-order chi connectivity index (χ1) is 7.66. The lowest BCUT2D eigenvalue weighted by Gasteiger charge is -2.36. The maximum atomic E-state index is 2.57.